The van der Waals surface area contributed by atoms with Crippen LogP contribution in [0.4, 0.5) is 5.69 Å². The van der Waals surface area contributed by atoms with Crippen LogP contribution in [0.5, 0.6) is 5.75 Å². The van der Waals surface area contributed by atoms with E-state index in [2.05, 4.69) is 23.6 Å². The van der Waals surface area contributed by atoms with Crippen molar-refractivity contribution >= 4 is 11.6 Å². The maximum atomic E-state index is 11.7. The number of hydrogen-bond acceptors (Lipinski definition) is 3. The largest absolute Gasteiger partial charge is 0.484 e. The van der Waals surface area contributed by atoms with E-state index >= 15 is 0 Å². The summed E-state index contributed by atoms with van der Waals surface area (Å²) in [4.78, 5) is 11.7. The van der Waals surface area contributed by atoms with E-state index in [1.165, 1.54) is 12.0 Å². The molecule has 110 valence electrons. The third-order valence-electron chi connectivity index (χ3n) is 3.52. The molecule has 0 bridgehead atoms. The second kappa shape index (κ2) is 7.17. The highest BCUT2D eigenvalue weighted by atomic mass is 16.5. The first-order chi connectivity index (χ1) is 9.69. The van der Waals surface area contributed by atoms with E-state index in [0.29, 0.717) is 0 Å². The molecule has 2 rings (SSSR count). The highest BCUT2D eigenvalue weighted by Gasteiger charge is 2.11. The molecule has 0 aliphatic carbocycles. The van der Waals surface area contributed by atoms with Crippen LogP contribution in [-0.2, 0) is 11.2 Å². The number of ether oxygens (including phenoxy) is 1. The second-order valence-electron chi connectivity index (χ2n) is 5.40. The van der Waals surface area contributed by atoms with Gasteiger partial charge in [0.25, 0.3) is 5.91 Å². The predicted molar refractivity (Wildman–Crippen MR) is 81.3 cm³/mol. The van der Waals surface area contributed by atoms with Gasteiger partial charge in [-0.05, 0) is 37.8 Å². The number of fused-ring (bicyclic) bond motifs is 1. The maximum Gasteiger partial charge on any atom is 0.258 e. The molecule has 4 heteroatoms. The van der Waals surface area contributed by atoms with E-state index in [1.54, 1.807) is 0 Å². The van der Waals surface area contributed by atoms with Crippen LogP contribution in [0.2, 0.25) is 0 Å². The molecule has 0 saturated heterocycles. The van der Waals surface area contributed by atoms with Gasteiger partial charge in [-0.1, -0.05) is 19.4 Å². The molecule has 0 fully saturated rings. The number of rotatable bonds is 6. The van der Waals surface area contributed by atoms with Crippen LogP contribution in [0.1, 0.15) is 38.7 Å². The minimum absolute atomic E-state index is 0.0587. The van der Waals surface area contributed by atoms with E-state index < -0.39 is 0 Å². The predicted octanol–water partition coefficient (Wildman–Crippen LogP) is 2.73. The average Bonchev–Trinajstić information content (AvgIpc) is 2.45. The Morgan fingerprint density at radius 3 is 3.15 bits per heavy atom. The molecule has 0 spiro atoms. The molecule has 1 amide bonds. The zero-order valence-corrected chi connectivity index (χ0v) is 12.4. The zero-order valence-electron chi connectivity index (χ0n) is 12.4. The summed E-state index contributed by atoms with van der Waals surface area (Å²) in [5.74, 6) is 0.688. The molecule has 1 aliphatic rings. The van der Waals surface area contributed by atoms with Crippen molar-refractivity contribution in [1.82, 2.24) is 5.32 Å². The minimum atomic E-state index is -0.0587. The maximum absolute atomic E-state index is 11.7. The summed E-state index contributed by atoms with van der Waals surface area (Å²) in [7, 11) is 0. The van der Waals surface area contributed by atoms with E-state index in [4.69, 9.17) is 4.74 Å². The molecule has 0 saturated carbocycles. The second-order valence-corrected chi connectivity index (χ2v) is 5.40. The number of hydrogen-bond donors (Lipinski definition) is 2. The van der Waals surface area contributed by atoms with Crippen molar-refractivity contribution in [3.63, 3.8) is 0 Å². The van der Waals surface area contributed by atoms with Gasteiger partial charge in [0.2, 0.25) is 0 Å². The summed E-state index contributed by atoms with van der Waals surface area (Å²) in [6.07, 6.45) is 4.34. The molecule has 1 atom stereocenters. The lowest BCUT2D eigenvalue weighted by atomic mass is 10.0. The van der Waals surface area contributed by atoms with Crippen molar-refractivity contribution in [3.8, 4) is 5.75 Å². The lowest BCUT2D eigenvalue weighted by Crippen LogP contribution is -2.35. The highest BCUT2D eigenvalue weighted by Crippen LogP contribution is 2.26. The van der Waals surface area contributed by atoms with Crippen molar-refractivity contribution in [3.05, 3.63) is 23.8 Å². The molecule has 20 heavy (non-hydrogen) atoms. The summed E-state index contributed by atoms with van der Waals surface area (Å²) in [5.41, 5.74) is 2.46. The Hall–Kier alpha value is -1.71. The monoisotopic (exact) mass is 276 g/mol. The summed E-state index contributed by atoms with van der Waals surface area (Å²) in [6, 6.07) is 6.21. The normalized spacial score (nSPS) is 14.9. The van der Waals surface area contributed by atoms with E-state index in [9.17, 15) is 4.79 Å². The van der Waals surface area contributed by atoms with Gasteiger partial charge >= 0.3 is 0 Å². The van der Waals surface area contributed by atoms with E-state index in [-0.39, 0.29) is 18.6 Å². The summed E-state index contributed by atoms with van der Waals surface area (Å²) >= 11 is 0. The lowest BCUT2D eigenvalue weighted by molar-refractivity contribution is -0.123. The third-order valence-corrected chi connectivity index (χ3v) is 3.52. The van der Waals surface area contributed by atoms with Crippen molar-refractivity contribution < 1.29 is 9.53 Å². The van der Waals surface area contributed by atoms with Crippen molar-refractivity contribution in [2.45, 2.75) is 45.6 Å². The number of aryl methyl sites for hydroxylation is 1. The molecule has 1 unspecified atom stereocenters. The summed E-state index contributed by atoms with van der Waals surface area (Å²) < 4.78 is 5.56. The summed E-state index contributed by atoms with van der Waals surface area (Å²) in [6.45, 7) is 5.21. The first-order valence-electron chi connectivity index (χ1n) is 7.48. The quantitative estimate of drug-likeness (QED) is 0.840. The van der Waals surface area contributed by atoms with E-state index in [1.807, 2.05) is 19.1 Å². The first-order valence-corrected chi connectivity index (χ1v) is 7.48. The Bertz CT molecular complexity index is 460. The minimum Gasteiger partial charge on any atom is -0.484 e. The van der Waals surface area contributed by atoms with Crippen molar-refractivity contribution in [2.24, 2.45) is 0 Å². The topological polar surface area (TPSA) is 50.4 Å². The van der Waals surface area contributed by atoms with E-state index in [0.717, 1.165) is 37.2 Å². The van der Waals surface area contributed by atoms with Crippen LogP contribution < -0.4 is 15.4 Å². The number of carbonyl (C=O) groups excluding carboxylic acids is 1. The van der Waals surface area contributed by atoms with Gasteiger partial charge in [0.1, 0.15) is 5.75 Å². The molecular weight excluding hydrogens is 252 g/mol. The molecule has 4 nitrogen and oxygen atoms in total. The Morgan fingerprint density at radius 2 is 2.35 bits per heavy atom. The van der Waals surface area contributed by atoms with Crippen molar-refractivity contribution in [2.75, 3.05) is 18.5 Å². The summed E-state index contributed by atoms with van der Waals surface area (Å²) in [5, 5.41) is 6.29. The van der Waals surface area contributed by atoms with Gasteiger partial charge in [-0.15, -0.1) is 0 Å². The number of nitrogens with one attached hydrogen (secondary N) is 2. The Kier molecular flexibility index (Phi) is 5.27. The Labute approximate surface area is 120 Å². The van der Waals surface area contributed by atoms with Gasteiger partial charge in [-0.25, -0.2) is 0 Å². The van der Waals surface area contributed by atoms with Gasteiger partial charge in [0, 0.05) is 24.3 Å². The molecular formula is C16H24N2O2. The van der Waals surface area contributed by atoms with Crippen LogP contribution in [0.25, 0.3) is 0 Å². The fraction of sp³-hybridized carbons (Fsp3) is 0.562. The van der Waals surface area contributed by atoms with Crippen LogP contribution >= 0.6 is 0 Å². The van der Waals surface area contributed by atoms with Crippen LogP contribution in [0, 0.1) is 0 Å². The molecule has 1 aromatic carbocycles. The Balaban J connectivity index is 1.83. The van der Waals surface area contributed by atoms with Gasteiger partial charge in [-0.3, -0.25) is 4.79 Å². The number of benzene rings is 1. The SMILES string of the molecule is CCCC(C)NC(=O)COc1ccc2c(c1)NCCC2. The standard InChI is InChI=1S/C16H24N2O2/c1-3-5-12(2)18-16(19)11-20-14-8-7-13-6-4-9-17-15(13)10-14/h7-8,10,12,17H,3-6,9,11H2,1-2H3,(H,18,19). The smallest absolute Gasteiger partial charge is 0.258 e. The molecule has 1 aliphatic heterocycles. The van der Waals surface area contributed by atoms with Crippen LogP contribution in [-0.4, -0.2) is 25.1 Å². The number of anilines is 1. The fourth-order valence-electron chi connectivity index (χ4n) is 2.50. The van der Waals surface area contributed by atoms with Crippen LogP contribution in [0.3, 0.4) is 0 Å². The third kappa shape index (κ3) is 4.15. The van der Waals surface area contributed by atoms with Gasteiger partial charge in [0.05, 0.1) is 0 Å². The Morgan fingerprint density at radius 1 is 1.50 bits per heavy atom. The van der Waals surface area contributed by atoms with Gasteiger partial charge in [0.15, 0.2) is 6.61 Å². The first kappa shape index (κ1) is 14.7. The molecule has 2 N–H and O–H groups in total. The van der Waals surface area contributed by atoms with Gasteiger partial charge < -0.3 is 15.4 Å². The van der Waals surface area contributed by atoms with Gasteiger partial charge in [-0.2, -0.15) is 0 Å². The highest BCUT2D eigenvalue weighted by molar-refractivity contribution is 5.77. The van der Waals surface area contributed by atoms with Crippen molar-refractivity contribution in [1.29, 1.82) is 0 Å². The molecule has 0 radical (unpaired) electrons. The molecule has 1 aromatic rings. The zero-order chi connectivity index (χ0) is 14.4. The fourth-order valence-corrected chi connectivity index (χ4v) is 2.50. The molecule has 0 aromatic heterocycles. The lowest BCUT2D eigenvalue weighted by Gasteiger charge is -2.19. The average molecular weight is 276 g/mol. The van der Waals surface area contributed by atoms with Crippen LogP contribution in [0.15, 0.2) is 18.2 Å². The number of amides is 1. The molecule has 1 heterocycles. The number of carbonyl (C=O) groups is 1.